The van der Waals surface area contributed by atoms with E-state index in [1.54, 1.807) is 0 Å². The minimum absolute atomic E-state index is 0. The maximum atomic E-state index is 6.01. The fourth-order valence-electron chi connectivity index (χ4n) is 2.26. The molecule has 0 saturated heterocycles. The SMILES string of the molecule is CN(Cc1ccc(Cl)c(Cl)c1)C(CN)C1CC1.Cl. The van der Waals surface area contributed by atoms with Crippen LogP contribution < -0.4 is 5.73 Å². The van der Waals surface area contributed by atoms with Crippen LogP contribution in [0.1, 0.15) is 18.4 Å². The van der Waals surface area contributed by atoms with E-state index in [2.05, 4.69) is 11.9 Å². The van der Waals surface area contributed by atoms with Crippen molar-refractivity contribution < 1.29 is 0 Å². The van der Waals surface area contributed by atoms with Crippen molar-refractivity contribution in [1.29, 1.82) is 0 Å². The molecule has 1 saturated carbocycles. The molecule has 1 aromatic rings. The summed E-state index contributed by atoms with van der Waals surface area (Å²) in [6.07, 6.45) is 2.63. The summed E-state index contributed by atoms with van der Waals surface area (Å²) in [4.78, 5) is 2.32. The van der Waals surface area contributed by atoms with Gasteiger partial charge in [0.1, 0.15) is 0 Å². The highest BCUT2D eigenvalue weighted by atomic mass is 35.5. The van der Waals surface area contributed by atoms with Gasteiger partial charge in [-0.25, -0.2) is 0 Å². The Labute approximate surface area is 125 Å². The maximum Gasteiger partial charge on any atom is 0.0595 e. The first-order chi connectivity index (χ1) is 8.11. The zero-order chi connectivity index (χ0) is 12.4. The van der Waals surface area contributed by atoms with E-state index in [0.29, 0.717) is 16.1 Å². The molecule has 1 atom stereocenters. The largest absolute Gasteiger partial charge is 0.329 e. The molecule has 0 amide bonds. The molecule has 1 fully saturated rings. The van der Waals surface area contributed by atoms with Gasteiger partial charge in [0.15, 0.2) is 0 Å². The molecule has 2 rings (SSSR count). The molecular formula is C13H19Cl3N2. The summed E-state index contributed by atoms with van der Waals surface area (Å²) in [6, 6.07) is 6.29. The molecule has 0 spiro atoms. The van der Waals surface area contributed by atoms with Crippen molar-refractivity contribution in [3.05, 3.63) is 33.8 Å². The van der Waals surface area contributed by atoms with Gasteiger partial charge in [0.25, 0.3) is 0 Å². The number of rotatable bonds is 5. The van der Waals surface area contributed by atoms with Crippen LogP contribution in [0.4, 0.5) is 0 Å². The van der Waals surface area contributed by atoms with Gasteiger partial charge in [-0.3, -0.25) is 4.90 Å². The lowest BCUT2D eigenvalue weighted by Gasteiger charge is -2.27. The Balaban J connectivity index is 0.00000162. The standard InChI is InChI=1S/C13H18Cl2N2.ClH/c1-17(13(7-16)10-3-4-10)8-9-2-5-11(14)12(15)6-9;/h2,5-6,10,13H,3-4,7-8,16H2,1H3;1H. The predicted octanol–water partition coefficient (Wildman–Crippen LogP) is 3.58. The Morgan fingerprint density at radius 2 is 2.00 bits per heavy atom. The molecule has 1 unspecified atom stereocenters. The van der Waals surface area contributed by atoms with Gasteiger partial charge in [0, 0.05) is 19.1 Å². The molecule has 2 nitrogen and oxygen atoms in total. The summed E-state index contributed by atoms with van der Waals surface area (Å²) < 4.78 is 0. The van der Waals surface area contributed by atoms with Crippen LogP contribution in [0.3, 0.4) is 0 Å². The van der Waals surface area contributed by atoms with Gasteiger partial charge in [-0.15, -0.1) is 12.4 Å². The van der Waals surface area contributed by atoms with Crippen LogP contribution in [0.25, 0.3) is 0 Å². The average Bonchev–Trinajstić information content (AvgIpc) is 3.09. The van der Waals surface area contributed by atoms with E-state index in [0.717, 1.165) is 19.0 Å². The van der Waals surface area contributed by atoms with Gasteiger partial charge in [0.05, 0.1) is 10.0 Å². The molecule has 1 aromatic carbocycles. The minimum Gasteiger partial charge on any atom is -0.329 e. The Morgan fingerprint density at radius 1 is 1.33 bits per heavy atom. The third kappa shape index (κ3) is 4.01. The van der Waals surface area contributed by atoms with E-state index in [1.165, 1.54) is 18.4 Å². The zero-order valence-electron chi connectivity index (χ0n) is 10.4. The summed E-state index contributed by atoms with van der Waals surface area (Å²) in [6.45, 7) is 1.59. The van der Waals surface area contributed by atoms with Crippen molar-refractivity contribution in [3.8, 4) is 0 Å². The topological polar surface area (TPSA) is 29.3 Å². The lowest BCUT2D eigenvalue weighted by molar-refractivity contribution is 0.215. The number of halogens is 3. The van der Waals surface area contributed by atoms with Crippen LogP contribution in [0, 0.1) is 5.92 Å². The van der Waals surface area contributed by atoms with E-state index < -0.39 is 0 Å². The lowest BCUT2D eigenvalue weighted by atomic mass is 10.1. The molecule has 0 aromatic heterocycles. The Hall–Kier alpha value is 0.01000. The van der Waals surface area contributed by atoms with Gasteiger partial charge in [0.2, 0.25) is 0 Å². The van der Waals surface area contributed by atoms with Crippen molar-refractivity contribution in [1.82, 2.24) is 4.90 Å². The molecule has 2 N–H and O–H groups in total. The van der Waals surface area contributed by atoms with Crippen LogP contribution >= 0.6 is 35.6 Å². The Bertz CT molecular complexity index is 394. The first kappa shape index (κ1) is 16.1. The quantitative estimate of drug-likeness (QED) is 0.900. The maximum absolute atomic E-state index is 6.01. The summed E-state index contributed by atoms with van der Waals surface area (Å²) >= 11 is 11.9. The van der Waals surface area contributed by atoms with Crippen LogP contribution in [-0.2, 0) is 6.54 Å². The average molecular weight is 310 g/mol. The van der Waals surface area contributed by atoms with E-state index in [4.69, 9.17) is 28.9 Å². The summed E-state index contributed by atoms with van der Waals surface area (Å²) in [5.41, 5.74) is 7.01. The minimum atomic E-state index is 0. The van der Waals surface area contributed by atoms with Crippen LogP contribution in [0.15, 0.2) is 18.2 Å². The molecule has 0 aliphatic heterocycles. The monoisotopic (exact) mass is 308 g/mol. The van der Waals surface area contributed by atoms with Crippen molar-refractivity contribution >= 4 is 35.6 Å². The number of nitrogens with two attached hydrogens (primary N) is 1. The molecule has 0 bridgehead atoms. The van der Waals surface area contributed by atoms with Crippen molar-refractivity contribution in [2.24, 2.45) is 11.7 Å². The normalized spacial score (nSPS) is 16.5. The van der Waals surface area contributed by atoms with Crippen molar-refractivity contribution in [3.63, 3.8) is 0 Å². The van der Waals surface area contributed by atoms with Gasteiger partial charge >= 0.3 is 0 Å². The molecule has 0 heterocycles. The van der Waals surface area contributed by atoms with Gasteiger partial charge in [-0.1, -0.05) is 29.3 Å². The van der Waals surface area contributed by atoms with Crippen molar-refractivity contribution in [2.75, 3.05) is 13.6 Å². The first-order valence-corrected chi connectivity index (χ1v) is 6.71. The van der Waals surface area contributed by atoms with Gasteiger partial charge < -0.3 is 5.73 Å². The first-order valence-electron chi connectivity index (χ1n) is 5.96. The smallest absolute Gasteiger partial charge is 0.0595 e. The van der Waals surface area contributed by atoms with Crippen LogP contribution in [0.5, 0.6) is 0 Å². The Morgan fingerprint density at radius 3 is 2.50 bits per heavy atom. The highest BCUT2D eigenvalue weighted by Crippen LogP contribution is 2.35. The number of benzene rings is 1. The van der Waals surface area contributed by atoms with Crippen LogP contribution in [0.2, 0.25) is 10.0 Å². The second-order valence-electron chi connectivity index (χ2n) is 4.80. The highest BCUT2D eigenvalue weighted by Gasteiger charge is 2.32. The van der Waals surface area contributed by atoms with E-state index in [-0.39, 0.29) is 12.4 Å². The number of hydrogen-bond donors (Lipinski definition) is 1. The fourth-order valence-corrected chi connectivity index (χ4v) is 2.58. The van der Waals surface area contributed by atoms with Crippen LogP contribution in [-0.4, -0.2) is 24.5 Å². The second kappa shape index (κ2) is 6.97. The predicted molar refractivity (Wildman–Crippen MR) is 80.7 cm³/mol. The molecule has 102 valence electrons. The van der Waals surface area contributed by atoms with Gasteiger partial charge in [-0.05, 0) is 43.5 Å². The third-order valence-corrected chi connectivity index (χ3v) is 4.13. The fraction of sp³-hybridized carbons (Fsp3) is 0.538. The van der Waals surface area contributed by atoms with E-state index in [9.17, 15) is 0 Å². The lowest BCUT2D eigenvalue weighted by Crippen LogP contribution is -2.39. The van der Waals surface area contributed by atoms with Crippen molar-refractivity contribution in [2.45, 2.75) is 25.4 Å². The summed E-state index contributed by atoms with van der Waals surface area (Å²) in [7, 11) is 2.12. The molecule has 1 aliphatic carbocycles. The zero-order valence-corrected chi connectivity index (χ0v) is 12.7. The third-order valence-electron chi connectivity index (χ3n) is 3.39. The van der Waals surface area contributed by atoms with Gasteiger partial charge in [-0.2, -0.15) is 0 Å². The summed E-state index contributed by atoms with van der Waals surface area (Å²) in [5.74, 6) is 0.785. The molecule has 0 radical (unpaired) electrons. The second-order valence-corrected chi connectivity index (χ2v) is 5.62. The molecule has 18 heavy (non-hydrogen) atoms. The molecule has 5 heteroatoms. The number of likely N-dealkylation sites (N-methyl/N-ethyl adjacent to an activating group) is 1. The number of nitrogens with zero attached hydrogens (tertiary/aromatic N) is 1. The molecule has 1 aliphatic rings. The number of hydrogen-bond acceptors (Lipinski definition) is 2. The summed E-state index contributed by atoms with van der Waals surface area (Å²) in [5, 5.41) is 1.23. The van der Waals surface area contributed by atoms with E-state index in [1.807, 2.05) is 18.2 Å². The Kier molecular flexibility index (Phi) is 6.22. The highest BCUT2D eigenvalue weighted by molar-refractivity contribution is 6.42. The van der Waals surface area contributed by atoms with E-state index >= 15 is 0 Å². The molecular weight excluding hydrogens is 291 g/mol.